The van der Waals surface area contributed by atoms with Crippen molar-refractivity contribution in [1.29, 1.82) is 0 Å². The van der Waals surface area contributed by atoms with Gasteiger partial charge in [-0.25, -0.2) is 0 Å². The van der Waals surface area contributed by atoms with Gasteiger partial charge < -0.3 is 15.5 Å². The van der Waals surface area contributed by atoms with Gasteiger partial charge in [-0.1, -0.05) is 17.2 Å². The summed E-state index contributed by atoms with van der Waals surface area (Å²) < 4.78 is 5.38. The standard InChI is InChI=1S/C11H11N5O2/c12-5-10-14-15-11(18-10)16-6-9(17)13-7-3-1-2-4-8(7)16/h1-4H,5-6,12H2,(H,13,17). The third kappa shape index (κ3) is 1.70. The van der Waals surface area contributed by atoms with Crippen LogP contribution in [0.15, 0.2) is 28.7 Å². The van der Waals surface area contributed by atoms with Crippen LogP contribution in [0.5, 0.6) is 0 Å². The highest BCUT2D eigenvalue weighted by molar-refractivity contribution is 6.02. The molecule has 7 nitrogen and oxygen atoms in total. The topological polar surface area (TPSA) is 97.3 Å². The van der Waals surface area contributed by atoms with Crippen molar-refractivity contribution in [2.45, 2.75) is 6.54 Å². The summed E-state index contributed by atoms with van der Waals surface area (Å²) in [6.45, 7) is 0.317. The van der Waals surface area contributed by atoms with Crippen LogP contribution >= 0.6 is 0 Å². The number of nitrogens with one attached hydrogen (secondary N) is 1. The van der Waals surface area contributed by atoms with Gasteiger partial charge in [0.15, 0.2) is 0 Å². The van der Waals surface area contributed by atoms with E-state index in [1.54, 1.807) is 4.90 Å². The van der Waals surface area contributed by atoms with E-state index in [0.29, 0.717) is 5.89 Å². The number of nitrogens with two attached hydrogens (primary N) is 1. The maximum atomic E-state index is 11.6. The lowest BCUT2D eigenvalue weighted by molar-refractivity contribution is -0.115. The average molecular weight is 245 g/mol. The molecule has 0 aliphatic carbocycles. The lowest BCUT2D eigenvalue weighted by Crippen LogP contribution is -2.35. The minimum Gasteiger partial charge on any atom is -0.406 e. The molecule has 0 bridgehead atoms. The lowest BCUT2D eigenvalue weighted by Gasteiger charge is -2.27. The minimum atomic E-state index is -0.124. The summed E-state index contributed by atoms with van der Waals surface area (Å²) in [6.07, 6.45) is 0. The van der Waals surface area contributed by atoms with Gasteiger partial charge in [-0.15, -0.1) is 5.10 Å². The van der Waals surface area contributed by atoms with Crippen LogP contribution in [0.3, 0.4) is 0 Å². The molecule has 3 N–H and O–H groups in total. The quantitative estimate of drug-likeness (QED) is 0.804. The van der Waals surface area contributed by atoms with Crippen LogP contribution in [-0.2, 0) is 11.3 Å². The Hall–Kier alpha value is -2.41. The Morgan fingerprint density at radius 1 is 1.39 bits per heavy atom. The van der Waals surface area contributed by atoms with Crippen LogP contribution in [0.2, 0.25) is 0 Å². The number of rotatable bonds is 2. The molecule has 1 aromatic carbocycles. The van der Waals surface area contributed by atoms with E-state index in [1.165, 1.54) is 0 Å². The Balaban J connectivity index is 2.04. The van der Waals surface area contributed by atoms with E-state index in [0.717, 1.165) is 11.4 Å². The lowest BCUT2D eigenvalue weighted by atomic mass is 10.2. The number of para-hydroxylation sites is 2. The van der Waals surface area contributed by atoms with Crippen molar-refractivity contribution in [3.05, 3.63) is 30.2 Å². The molecule has 0 radical (unpaired) electrons. The Kier molecular flexibility index (Phi) is 2.45. The van der Waals surface area contributed by atoms with E-state index in [9.17, 15) is 4.79 Å². The van der Waals surface area contributed by atoms with Gasteiger partial charge in [0.05, 0.1) is 17.9 Å². The summed E-state index contributed by atoms with van der Waals surface area (Å²) in [5.74, 6) is 0.217. The highest BCUT2D eigenvalue weighted by Crippen LogP contribution is 2.33. The molecule has 0 fully saturated rings. The smallest absolute Gasteiger partial charge is 0.323 e. The van der Waals surface area contributed by atoms with Gasteiger partial charge in [0.2, 0.25) is 11.8 Å². The first-order valence-electron chi connectivity index (χ1n) is 5.47. The Labute approximate surface area is 103 Å². The van der Waals surface area contributed by atoms with Crippen LogP contribution in [0.25, 0.3) is 0 Å². The first-order valence-corrected chi connectivity index (χ1v) is 5.47. The Morgan fingerprint density at radius 2 is 2.22 bits per heavy atom. The number of nitrogens with zero attached hydrogens (tertiary/aromatic N) is 3. The average Bonchev–Trinajstić information content (AvgIpc) is 2.86. The Bertz CT molecular complexity index is 595. The van der Waals surface area contributed by atoms with E-state index in [4.69, 9.17) is 10.2 Å². The molecule has 1 aliphatic rings. The molecule has 0 unspecified atom stereocenters. The van der Waals surface area contributed by atoms with Gasteiger partial charge >= 0.3 is 6.01 Å². The van der Waals surface area contributed by atoms with E-state index < -0.39 is 0 Å². The van der Waals surface area contributed by atoms with Crippen molar-refractivity contribution in [1.82, 2.24) is 10.2 Å². The molecule has 0 spiro atoms. The summed E-state index contributed by atoms with van der Waals surface area (Å²) in [5.41, 5.74) is 6.97. The molecular weight excluding hydrogens is 234 g/mol. The van der Waals surface area contributed by atoms with Gasteiger partial charge in [-0.3, -0.25) is 9.69 Å². The van der Waals surface area contributed by atoms with Gasteiger partial charge in [0.25, 0.3) is 0 Å². The highest BCUT2D eigenvalue weighted by atomic mass is 16.4. The SMILES string of the molecule is NCc1nnc(N2CC(=O)Nc3ccccc32)o1. The summed E-state index contributed by atoms with van der Waals surface area (Å²) in [7, 11) is 0. The molecule has 0 saturated carbocycles. The van der Waals surface area contributed by atoms with Gasteiger partial charge in [0, 0.05) is 0 Å². The molecule has 18 heavy (non-hydrogen) atoms. The van der Waals surface area contributed by atoms with Crippen LogP contribution in [0.4, 0.5) is 17.4 Å². The molecular formula is C11H11N5O2. The van der Waals surface area contributed by atoms with Crippen molar-refractivity contribution >= 4 is 23.3 Å². The fraction of sp³-hybridized carbons (Fsp3) is 0.182. The summed E-state index contributed by atoms with van der Waals surface area (Å²) in [4.78, 5) is 13.3. The maximum absolute atomic E-state index is 11.6. The zero-order valence-electron chi connectivity index (χ0n) is 9.46. The third-order valence-electron chi connectivity index (χ3n) is 2.63. The number of hydrogen-bond donors (Lipinski definition) is 2. The van der Waals surface area contributed by atoms with Crippen molar-refractivity contribution < 1.29 is 9.21 Å². The number of aromatic nitrogens is 2. The molecule has 2 aromatic rings. The van der Waals surface area contributed by atoms with E-state index in [1.807, 2.05) is 24.3 Å². The van der Waals surface area contributed by atoms with Crippen LogP contribution in [0, 0.1) is 0 Å². The summed E-state index contributed by atoms with van der Waals surface area (Å²) in [5, 5.41) is 10.5. The molecule has 1 aromatic heterocycles. The second-order valence-electron chi connectivity index (χ2n) is 3.83. The number of amides is 1. The second kappa shape index (κ2) is 4.11. The van der Waals surface area contributed by atoms with Gasteiger partial charge in [0.1, 0.15) is 6.54 Å². The van der Waals surface area contributed by atoms with Crippen molar-refractivity contribution in [3.63, 3.8) is 0 Å². The van der Waals surface area contributed by atoms with Gasteiger partial charge in [-0.2, -0.15) is 0 Å². The van der Waals surface area contributed by atoms with Crippen LogP contribution in [0.1, 0.15) is 5.89 Å². The molecule has 2 heterocycles. The number of anilines is 3. The number of carbonyl (C=O) groups is 1. The molecule has 1 aliphatic heterocycles. The summed E-state index contributed by atoms with van der Waals surface area (Å²) >= 11 is 0. The molecule has 0 saturated heterocycles. The summed E-state index contributed by atoms with van der Waals surface area (Å²) in [6, 6.07) is 7.70. The zero-order chi connectivity index (χ0) is 12.5. The largest absolute Gasteiger partial charge is 0.406 e. The van der Waals surface area contributed by atoms with Crippen molar-refractivity contribution in [2.24, 2.45) is 5.73 Å². The predicted octanol–water partition coefficient (Wildman–Crippen LogP) is 0.618. The predicted molar refractivity (Wildman–Crippen MR) is 64.3 cm³/mol. The molecule has 7 heteroatoms. The molecule has 0 atom stereocenters. The minimum absolute atomic E-state index is 0.124. The number of benzene rings is 1. The van der Waals surface area contributed by atoms with Crippen LogP contribution < -0.4 is 16.0 Å². The maximum Gasteiger partial charge on any atom is 0.323 e. The highest BCUT2D eigenvalue weighted by Gasteiger charge is 2.26. The number of hydrogen-bond acceptors (Lipinski definition) is 6. The number of carbonyl (C=O) groups excluding carboxylic acids is 1. The van der Waals surface area contributed by atoms with E-state index in [2.05, 4.69) is 15.5 Å². The van der Waals surface area contributed by atoms with Gasteiger partial charge in [-0.05, 0) is 12.1 Å². The van der Waals surface area contributed by atoms with Crippen molar-refractivity contribution in [2.75, 3.05) is 16.8 Å². The van der Waals surface area contributed by atoms with E-state index in [-0.39, 0.29) is 25.0 Å². The molecule has 3 rings (SSSR count). The molecule has 1 amide bonds. The Morgan fingerprint density at radius 3 is 3.00 bits per heavy atom. The first-order chi connectivity index (χ1) is 8.78. The fourth-order valence-electron chi connectivity index (χ4n) is 1.84. The monoisotopic (exact) mass is 245 g/mol. The van der Waals surface area contributed by atoms with Crippen LogP contribution in [-0.4, -0.2) is 22.6 Å². The molecule has 92 valence electrons. The zero-order valence-corrected chi connectivity index (χ0v) is 9.46. The first kappa shape index (κ1) is 10.7. The second-order valence-corrected chi connectivity index (χ2v) is 3.83. The van der Waals surface area contributed by atoms with Crippen molar-refractivity contribution in [3.8, 4) is 0 Å². The number of fused-ring (bicyclic) bond motifs is 1. The van der Waals surface area contributed by atoms with E-state index >= 15 is 0 Å². The fourth-order valence-corrected chi connectivity index (χ4v) is 1.84. The normalized spacial score (nSPS) is 14.3. The third-order valence-corrected chi connectivity index (χ3v) is 2.63.